The highest BCUT2D eigenvalue weighted by molar-refractivity contribution is 6.43. The molecular weight excluding hydrogens is 274 g/mol. The lowest BCUT2D eigenvalue weighted by molar-refractivity contribution is -0.121. The van der Waals surface area contributed by atoms with Crippen molar-refractivity contribution in [1.29, 1.82) is 0 Å². The Balaban J connectivity index is 1.68. The van der Waals surface area contributed by atoms with Crippen LogP contribution in [-0.2, 0) is 9.59 Å². The number of hydrazone groups is 1. The Morgan fingerprint density at radius 3 is 2.67 bits per heavy atom. The molecule has 8 nitrogen and oxygen atoms in total. The monoisotopic (exact) mass is 285 g/mol. The summed E-state index contributed by atoms with van der Waals surface area (Å²) in [6.07, 6.45) is 1.85. The number of nitrogens with one attached hydrogen (secondary N) is 2. The molecule has 0 unspecified atom stereocenters. The zero-order chi connectivity index (χ0) is 14.7. The number of anilines is 1. The highest BCUT2D eigenvalue weighted by Gasteiger charge is 2.18. The Morgan fingerprint density at radius 2 is 2.05 bits per heavy atom. The third-order valence-electron chi connectivity index (χ3n) is 2.92. The van der Waals surface area contributed by atoms with Crippen LogP contribution < -0.4 is 10.7 Å². The maximum Gasteiger partial charge on any atom is 0.271 e. The molecule has 2 heterocycles. The Morgan fingerprint density at radius 1 is 1.24 bits per heavy atom. The van der Waals surface area contributed by atoms with Crippen LogP contribution in [0.2, 0.25) is 0 Å². The summed E-state index contributed by atoms with van der Waals surface area (Å²) in [6, 6.07) is 6.96. The van der Waals surface area contributed by atoms with Crippen LogP contribution in [-0.4, -0.2) is 27.7 Å². The molecule has 106 valence electrons. The lowest BCUT2D eigenvalue weighted by atomic mass is 10.1. The van der Waals surface area contributed by atoms with Gasteiger partial charge in [-0.2, -0.15) is 5.10 Å². The summed E-state index contributed by atoms with van der Waals surface area (Å²) in [5.74, 6) is -0.108. The van der Waals surface area contributed by atoms with Gasteiger partial charge in [0.15, 0.2) is 0 Å². The van der Waals surface area contributed by atoms with Gasteiger partial charge in [0.2, 0.25) is 18.2 Å². The Hall–Kier alpha value is -3.03. The predicted octanol–water partition coefficient (Wildman–Crippen LogP) is 0.941. The van der Waals surface area contributed by atoms with E-state index in [1.54, 1.807) is 24.3 Å². The van der Waals surface area contributed by atoms with Gasteiger partial charge in [-0.25, -0.2) is 5.43 Å². The zero-order valence-corrected chi connectivity index (χ0v) is 10.9. The van der Waals surface area contributed by atoms with Crippen LogP contribution in [0.5, 0.6) is 0 Å². The van der Waals surface area contributed by atoms with Crippen LogP contribution in [0.4, 0.5) is 5.69 Å². The van der Waals surface area contributed by atoms with Gasteiger partial charge in [-0.05, 0) is 24.3 Å². The molecule has 1 aromatic carbocycles. The predicted molar refractivity (Wildman–Crippen MR) is 73.2 cm³/mol. The van der Waals surface area contributed by atoms with Gasteiger partial charge in [0.25, 0.3) is 5.91 Å². The van der Waals surface area contributed by atoms with Gasteiger partial charge in [0.1, 0.15) is 5.71 Å². The molecule has 2 N–H and O–H groups in total. The average molecular weight is 285 g/mol. The largest absolute Gasteiger partial charge is 0.423 e. The summed E-state index contributed by atoms with van der Waals surface area (Å²) >= 11 is 0. The molecule has 0 aliphatic carbocycles. The van der Waals surface area contributed by atoms with Crippen molar-refractivity contribution in [3.05, 3.63) is 30.7 Å². The number of rotatable bonds is 3. The second-order valence-electron chi connectivity index (χ2n) is 4.37. The number of aromatic nitrogens is 2. The molecule has 8 heteroatoms. The van der Waals surface area contributed by atoms with Gasteiger partial charge in [0, 0.05) is 24.1 Å². The lowest BCUT2D eigenvalue weighted by Crippen LogP contribution is -2.32. The smallest absolute Gasteiger partial charge is 0.271 e. The number of hydrogen-bond donors (Lipinski definition) is 2. The molecule has 1 aliphatic rings. The SMILES string of the molecule is O=C1CCC(C(=O)Nc2ccc(-c3nnco3)cc2)=NN1. The quantitative estimate of drug-likeness (QED) is 0.872. The van der Waals surface area contributed by atoms with Crippen molar-refractivity contribution in [3.8, 4) is 11.5 Å². The lowest BCUT2D eigenvalue weighted by Gasteiger charge is -2.12. The molecule has 2 amide bonds. The van der Waals surface area contributed by atoms with Gasteiger partial charge in [0.05, 0.1) is 0 Å². The minimum absolute atomic E-state index is 0.185. The molecule has 0 saturated carbocycles. The van der Waals surface area contributed by atoms with E-state index in [0.29, 0.717) is 23.7 Å². The fourth-order valence-corrected chi connectivity index (χ4v) is 1.84. The zero-order valence-electron chi connectivity index (χ0n) is 10.9. The van der Waals surface area contributed by atoms with E-state index in [9.17, 15) is 9.59 Å². The van der Waals surface area contributed by atoms with E-state index in [0.717, 1.165) is 5.56 Å². The van der Waals surface area contributed by atoms with Crippen molar-refractivity contribution in [3.63, 3.8) is 0 Å². The molecule has 0 radical (unpaired) electrons. The Bertz CT molecular complexity index is 691. The van der Waals surface area contributed by atoms with E-state index in [-0.39, 0.29) is 18.2 Å². The molecule has 0 saturated heterocycles. The van der Waals surface area contributed by atoms with Gasteiger partial charge >= 0.3 is 0 Å². The van der Waals surface area contributed by atoms with Crippen LogP contribution in [0.1, 0.15) is 12.8 Å². The molecule has 0 bridgehead atoms. The molecule has 0 fully saturated rings. The number of nitrogens with zero attached hydrogens (tertiary/aromatic N) is 3. The second-order valence-corrected chi connectivity index (χ2v) is 4.37. The van der Waals surface area contributed by atoms with E-state index in [1.807, 2.05) is 0 Å². The van der Waals surface area contributed by atoms with E-state index >= 15 is 0 Å². The van der Waals surface area contributed by atoms with Crippen molar-refractivity contribution in [2.45, 2.75) is 12.8 Å². The van der Waals surface area contributed by atoms with Crippen LogP contribution in [0.25, 0.3) is 11.5 Å². The number of amides is 2. The molecule has 3 rings (SSSR count). The second kappa shape index (κ2) is 5.53. The molecule has 2 aromatic rings. The number of carbonyl (C=O) groups is 2. The van der Waals surface area contributed by atoms with Gasteiger partial charge in [-0.3, -0.25) is 9.59 Å². The highest BCUT2D eigenvalue weighted by atomic mass is 16.4. The summed E-state index contributed by atoms with van der Waals surface area (Å²) in [7, 11) is 0. The topological polar surface area (TPSA) is 109 Å². The van der Waals surface area contributed by atoms with Crippen molar-refractivity contribution in [2.24, 2.45) is 5.10 Å². The third-order valence-corrected chi connectivity index (χ3v) is 2.92. The number of hydrogen-bond acceptors (Lipinski definition) is 6. The van der Waals surface area contributed by atoms with Crippen LogP contribution in [0.15, 0.2) is 40.2 Å². The summed E-state index contributed by atoms with van der Waals surface area (Å²) in [4.78, 5) is 22.9. The molecule has 21 heavy (non-hydrogen) atoms. The van der Waals surface area contributed by atoms with Gasteiger partial charge in [-0.15, -0.1) is 10.2 Å². The van der Waals surface area contributed by atoms with Crippen LogP contribution in [0.3, 0.4) is 0 Å². The molecule has 1 aromatic heterocycles. The van der Waals surface area contributed by atoms with Crippen LogP contribution in [0, 0.1) is 0 Å². The maximum absolute atomic E-state index is 12.0. The first-order valence-corrected chi connectivity index (χ1v) is 6.26. The number of carbonyl (C=O) groups excluding carboxylic acids is 2. The minimum Gasteiger partial charge on any atom is -0.423 e. The first kappa shape index (κ1) is 13.0. The van der Waals surface area contributed by atoms with Crippen molar-refractivity contribution in [2.75, 3.05) is 5.32 Å². The molecule has 0 atom stereocenters. The summed E-state index contributed by atoms with van der Waals surface area (Å²) in [5, 5.41) is 13.8. The maximum atomic E-state index is 12.0. The Labute approximate surface area is 119 Å². The standard InChI is InChI=1S/C13H11N5O3/c19-11-6-5-10(16-17-11)12(20)15-9-3-1-8(2-4-9)13-18-14-7-21-13/h1-4,7H,5-6H2,(H,15,20)(H,17,19). The summed E-state index contributed by atoms with van der Waals surface area (Å²) in [5.41, 5.74) is 3.96. The van der Waals surface area contributed by atoms with Crippen molar-refractivity contribution >= 4 is 23.2 Å². The highest BCUT2D eigenvalue weighted by Crippen LogP contribution is 2.19. The van der Waals surface area contributed by atoms with Crippen molar-refractivity contribution in [1.82, 2.24) is 15.6 Å². The average Bonchev–Trinajstić information content (AvgIpc) is 3.03. The van der Waals surface area contributed by atoms with Gasteiger partial charge in [-0.1, -0.05) is 0 Å². The van der Waals surface area contributed by atoms with E-state index in [1.165, 1.54) is 6.39 Å². The van der Waals surface area contributed by atoms with Gasteiger partial charge < -0.3 is 9.73 Å². The molecule has 0 spiro atoms. The minimum atomic E-state index is -0.333. The third kappa shape index (κ3) is 2.94. The first-order valence-electron chi connectivity index (χ1n) is 6.26. The normalized spacial score (nSPS) is 14.3. The fraction of sp³-hybridized carbons (Fsp3) is 0.154. The summed E-state index contributed by atoms with van der Waals surface area (Å²) in [6.45, 7) is 0. The molecule has 1 aliphatic heterocycles. The number of benzene rings is 1. The molecular formula is C13H11N5O3. The first-order chi connectivity index (χ1) is 10.2. The fourth-order valence-electron chi connectivity index (χ4n) is 1.84. The van der Waals surface area contributed by atoms with Crippen molar-refractivity contribution < 1.29 is 14.0 Å². The Kier molecular flexibility index (Phi) is 3.42. The van der Waals surface area contributed by atoms with E-state index < -0.39 is 0 Å². The van der Waals surface area contributed by atoms with E-state index in [2.05, 4.69) is 26.0 Å². The van der Waals surface area contributed by atoms with Crippen LogP contribution >= 0.6 is 0 Å². The van der Waals surface area contributed by atoms with E-state index in [4.69, 9.17) is 4.42 Å². The summed E-state index contributed by atoms with van der Waals surface area (Å²) < 4.78 is 5.08.